The minimum atomic E-state index is -0.191. The number of benzene rings is 2. The van der Waals surface area contributed by atoms with Gasteiger partial charge in [0, 0.05) is 25.3 Å². The third-order valence-electron chi connectivity index (χ3n) is 4.41. The van der Waals surface area contributed by atoms with Gasteiger partial charge in [-0.2, -0.15) is 0 Å². The Labute approximate surface area is 160 Å². The van der Waals surface area contributed by atoms with E-state index < -0.39 is 0 Å². The molecule has 2 aromatic carbocycles. The molecule has 27 heavy (non-hydrogen) atoms. The molecule has 2 aromatic rings. The Bertz CT molecular complexity index is 710. The zero-order valence-electron chi connectivity index (χ0n) is 15.7. The van der Waals surface area contributed by atoms with Crippen LogP contribution >= 0.6 is 0 Å². The van der Waals surface area contributed by atoms with Crippen molar-refractivity contribution < 1.29 is 14.3 Å². The predicted octanol–water partition coefficient (Wildman–Crippen LogP) is 3.63. The number of hydrogen-bond donors (Lipinski definition) is 2. The Morgan fingerprint density at radius 3 is 2.33 bits per heavy atom. The van der Waals surface area contributed by atoms with Crippen LogP contribution in [-0.4, -0.2) is 50.3 Å². The molecular weight excluding hydrogens is 342 g/mol. The number of urea groups is 1. The van der Waals surface area contributed by atoms with Crippen molar-refractivity contribution in [3.05, 3.63) is 54.1 Å². The molecule has 1 fully saturated rings. The van der Waals surface area contributed by atoms with Crippen LogP contribution in [0.4, 0.5) is 10.5 Å². The number of morpholine rings is 1. The Hall–Kier alpha value is -2.57. The average molecular weight is 369 g/mol. The van der Waals surface area contributed by atoms with Gasteiger partial charge in [-0.25, -0.2) is 4.79 Å². The topological polar surface area (TPSA) is 62.8 Å². The molecule has 0 bridgehead atoms. The summed E-state index contributed by atoms with van der Waals surface area (Å²) in [5.74, 6) is 1.52. The fraction of sp³-hybridized carbons (Fsp3) is 0.381. The second-order valence-corrected chi connectivity index (χ2v) is 6.63. The van der Waals surface area contributed by atoms with Crippen LogP contribution in [0.3, 0.4) is 0 Å². The van der Waals surface area contributed by atoms with Gasteiger partial charge in [-0.15, -0.1) is 0 Å². The van der Waals surface area contributed by atoms with Crippen LogP contribution in [0.5, 0.6) is 11.5 Å². The van der Waals surface area contributed by atoms with E-state index in [2.05, 4.69) is 15.5 Å². The highest BCUT2D eigenvalue weighted by atomic mass is 16.5. The molecule has 2 amide bonds. The number of anilines is 1. The van der Waals surface area contributed by atoms with Crippen molar-refractivity contribution in [2.24, 2.45) is 0 Å². The number of ether oxygens (including phenoxy) is 2. The van der Waals surface area contributed by atoms with Crippen molar-refractivity contribution in [2.45, 2.75) is 13.3 Å². The van der Waals surface area contributed by atoms with Gasteiger partial charge < -0.3 is 20.1 Å². The van der Waals surface area contributed by atoms with Gasteiger partial charge in [0.1, 0.15) is 11.5 Å². The molecule has 1 aliphatic rings. The third kappa shape index (κ3) is 6.58. The normalized spacial score (nSPS) is 14.6. The van der Waals surface area contributed by atoms with E-state index >= 15 is 0 Å². The van der Waals surface area contributed by atoms with E-state index in [9.17, 15) is 4.79 Å². The molecule has 3 rings (SSSR count). The summed E-state index contributed by atoms with van der Waals surface area (Å²) in [6.45, 7) is 7.23. The van der Waals surface area contributed by atoms with Crippen LogP contribution in [0.15, 0.2) is 48.5 Å². The zero-order chi connectivity index (χ0) is 18.9. The van der Waals surface area contributed by atoms with Gasteiger partial charge in [0.15, 0.2) is 0 Å². The highest BCUT2D eigenvalue weighted by molar-refractivity contribution is 5.89. The summed E-state index contributed by atoms with van der Waals surface area (Å²) in [6.07, 6.45) is 0.927. The van der Waals surface area contributed by atoms with Crippen LogP contribution in [0, 0.1) is 6.92 Å². The first-order valence-corrected chi connectivity index (χ1v) is 9.38. The Balaban J connectivity index is 1.37. The number of nitrogens with zero attached hydrogens (tertiary/aromatic N) is 1. The molecule has 1 heterocycles. The number of nitrogens with one attached hydrogen (secondary N) is 2. The Morgan fingerprint density at radius 2 is 1.67 bits per heavy atom. The predicted molar refractivity (Wildman–Crippen MR) is 107 cm³/mol. The number of carbonyl (C=O) groups excluding carboxylic acids is 1. The highest BCUT2D eigenvalue weighted by Crippen LogP contribution is 2.23. The van der Waals surface area contributed by atoms with Gasteiger partial charge >= 0.3 is 6.03 Å². The maximum absolute atomic E-state index is 12.0. The lowest BCUT2D eigenvalue weighted by atomic mass is 10.2. The number of aryl methyl sites for hydroxylation is 1. The molecule has 0 spiro atoms. The van der Waals surface area contributed by atoms with Crippen LogP contribution in [0.1, 0.15) is 12.0 Å². The largest absolute Gasteiger partial charge is 0.457 e. The number of amides is 2. The van der Waals surface area contributed by atoms with Crippen molar-refractivity contribution in [3.63, 3.8) is 0 Å². The summed E-state index contributed by atoms with van der Waals surface area (Å²) in [5, 5.41) is 5.73. The average Bonchev–Trinajstić information content (AvgIpc) is 2.69. The van der Waals surface area contributed by atoms with E-state index in [-0.39, 0.29) is 6.03 Å². The molecule has 0 radical (unpaired) electrons. The fourth-order valence-corrected chi connectivity index (χ4v) is 2.85. The molecule has 1 saturated heterocycles. The summed E-state index contributed by atoms with van der Waals surface area (Å²) in [4.78, 5) is 14.3. The van der Waals surface area contributed by atoms with E-state index in [0.717, 1.165) is 56.5 Å². The first-order valence-electron chi connectivity index (χ1n) is 9.38. The first kappa shape index (κ1) is 19.2. The number of rotatable bonds is 7. The van der Waals surface area contributed by atoms with Crippen molar-refractivity contribution in [1.82, 2.24) is 10.2 Å². The van der Waals surface area contributed by atoms with E-state index in [1.807, 2.05) is 55.5 Å². The van der Waals surface area contributed by atoms with Crippen LogP contribution < -0.4 is 15.4 Å². The molecule has 0 aliphatic carbocycles. The standard InChI is InChI=1S/C21H27N3O3/c1-17-3-7-19(8-4-17)27-20-9-5-18(6-10-20)23-21(25)22-11-2-12-24-13-15-26-16-14-24/h3-10H,2,11-16H2,1H3,(H2,22,23,25). The summed E-state index contributed by atoms with van der Waals surface area (Å²) in [7, 11) is 0. The lowest BCUT2D eigenvalue weighted by Crippen LogP contribution is -2.38. The Morgan fingerprint density at radius 1 is 1.04 bits per heavy atom. The lowest BCUT2D eigenvalue weighted by Gasteiger charge is -2.26. The zero-order valence-corrected chi connectivity index (χ0v) is 15.7. The molecule has 0 unspecified atom stereocenters. The molecule has 6 heteroatoms. The van der Waals surface area contributed by atoms with Crippen molar-refractivity contribution in [3.8, 4) is 11.5 Å². The summed E-state index contributed by atoms with van der Waals surface area (Å²) in [5.41, 5.74) is 1.93. The molecule has 0 aromatic heterocycles. The fourth-order valence-electron chi connectivity index (χ4n) is 2.85. The summed E-state index contributed by atoms with van der Waals surface area (Å²) < 4.78 is 11.1. The van der Waals surface area contributed by atoms with Crippen molar-refractivity contribution in [2.75, 3.05) is 44.7 Å². The van der Waals surface area contributed by atoms with Gasteiger partial charge in [-0.3, -0.25) is 4.90 Å². The third-order valence-corrected chi connectivity index (χ3v) is 4.41. The minimum absolute atomic E-state index is 0.191. The second-order valence-electron chi connectivity index (χ2n) is 6.63. The van der Waals surface area contributed by atoms with E-state index in [0.29, 0.717) is 6.54 Å². The highest BCUT2D eigenvalue weighted by Gasteiger charge is 2.09. The molecule has 1 aliphatic heterocycles. The van der Waals surface area contributed by atoms with E-state index in [4.69, 9.17) is 9.47 Å². The monoisotopic (exact) mass is 369 g/mol. The van der Waals surface area contributed by atoms with E-state index in [1.54, 1.807) is 0 Å². The molecule has 6 nitrogen and oxygen atoms in total. The minimum Gasteiger partial charge on any atom is -0.457 e. The first-order chi connectivity index (χ1) is 13.2. The molecule has 0 atom stereocenters. The van der Waals surface area contributed by atoms with Crippen LogP contribution in [0.2, 0.25) is 0 Å². The Kier molecular flexibility index (Phi) is 7.07. The maximum atomic E-state index is 12.0. The molecular formula is C21H27N3O3. The van der Waals surface area contributed by atoms with Gasteiger partial charge in [0.25, 0.3) is 0 Å². The van der Waals surface area contributed by atoms with E-state index in [1.165, 1.54) is 5.56 Å². The van der Waals surface area contributed by atoms with Gasteiger partial charge in [0.2, 0.25) is 0 Å². The second kappa shape index (κ2) is 9.94. The smallest absolute Gasteiger partial charge is 0.319 e. The number of carbonyl (C=O) groups is 1. The summed E-state index contributed by atoms with van der Waals surface area (Å²) >= 11 is 0. The lowest BCUT2D eigenvalue weighted by molar-refractivity contribution is 0.0375. The summed E-state index contributed by atoms with van der Waals surface area (Å²) in [6, 6.07) is 15.0. The molecule has 144 valence electrons. The molecule has 2 N–H and O–H groups in total. The van der Waals surface area contributed by atoms with Crippen molar-refractivity contribution in [1.29, 1.82) is 0 Å². The van der Waals surface area contributed by atoms with Crippen LogP contribution in [-0.2, 0) is 4.74 Å². The quantitative estimate of drug-likeness (QED) is 0.732. The van der Waals surface area contributed by atoms with Crippen molar-refractivity contribution >= 4 is 11.7 Å². The maximum Gasteiger partial charge on any atom is 0.319 e. The van der Waals surface area contributed by atoms with Gasteiger partial charge in [-0.1, -0.05) is 17.7 Å². The molecule has 0 saturated carbocycles. The van der Waals surface area contributed by atoms with Crippen LogP contribution in [0.25, 0.3) is 0 Å². The number of hydrogen-bond acceptors (Lipinski definition) is 4. The SMILES string of the molecule is Cc1ccc(Oc2ccc(NC(=O)NCCCN3CCOCC3)cc2)cc1. The van der Waals surface area contributed by atoms with Gasteiger partial charge in [-0.05, 0) is 56.3 Å². The van der Waals surface area contributed by atoms with Gasteiger partial charge in [0.05, 0.1) is 13.2 Å².